The number of nitrogens with two attached hydrogens (primary N) is 1. The quantitative estimate of drug-likeness (QED) is 0.271. The molecule has 1 atom stereocenters. The zero-order chi connectivity index (χ0) is 19.2. The van der Waals surface area contributed by atoms with Crippen molar-refractivity contribution in [1.29, 1.82) is 5.41 Å². The molecule has 5 nitrogen and oxygen atoms in total. The molecule has 0 aliphatic rings. The number of nitrogens with one attached hydrogen (secondary N) is 2. The zero-order valence-electron chi connectivity index (χ0n) is 14.6. The van der Waals surface area contributed by atoms with Crippen molar-refractivity contribution in [2.75, 3.05) is 11.1 Å². The molecule has 0 saturated carbocycles. The molecule has 0 saturated heterocycles. The highest BCUT2D eigenvalue weighted by Crippen LogP contribution is 2.21. The van der Waals surface area contributed by atoms with E-state index >= 15 is 0 Å². The molecule has 1 amide bonds. The van der Waals surface area contributed by atoms with Gasteiger partial charge in [-0.15, -0.1) is 0 Å². The van der Waals surface area contributed by atoms with Crippen molar-refractivity contribution in [3.05, 3.63) is 96.1 Å². The van der Waals surface area contributed by atoms with Gasteiger partial charge in [0, 0.05) is 5.56 Å². The van der Waals surface area contributed by atoms with Gasteiger partial charge in [-0.2, -0.15) is 0 Å². The molecule has 0 fully saturated rings. The van der Waals surface area contributed by atoms with Crippen molar-refractivity contribution in [3.63, 3.8) is 0 Å². The van der Waals surface area contributed by atoms with Gasteiger partial charge in [0.2, 0.25) is 5.91 Å². The fraction of sp³-hybridized carbons (Fsp3) is 0.0455. The number of ketones is 1. The van der Waals surface area contributed by atoms with Crippen molar-refractivity contribution in [3.8, 4) is 0 Å². The third-order valence-corrected chi connectivity index (χ3v) is 4.17. The zero-order valence-corrected chi connectivity index (χ0v) is 14.6. The van der Waals surface area contributed by atoms with Crippen LogP contribution < -0.4 is 11.1 Å². The normalized spacial score (nSPS) is 11.4. The fourth-order valence-electron chi connectivity index (χ4n) is 2.75. The minimum atomic E-state index is -1.28. The summed E-state index contributed by atoms with van der Waals surface area (Å²) in [5.41, 5.74) is 7.53. The molecule has 134 valence electrons. The lowest BCUT2D eigenvalue weighted by Crippen LogP contribution is -2.36. The maximum Gasteiger partial charge on any atom is 0.241 e. The lowest BCUT2D eigenvalue weighted by molar-refractivity contribution is -0.117. The van der Waals surface area contributed by atoms with Crippen LogP contribution in [0.25, 0.3) is 0 Å². The van der Waals surface area contributed by atoms with E-state index in [1.807, 2.05) is 6.07 Å². The van der Waals surface area contributed by atoms with Crippen molar-refractivity contribution in [2.24, 2.45) is 5.92 Å². The van der Waals surface area contributed by atoms with Gasteiger partial charge in [-0.25, -0.2) is 0 Å². The summed E-state index contributed by atoms with van der Waals surface area (Å²) < 4.78 is 0. The topological polar surface area (TPSA) is 96.0 Å². The second-order valence-corrected chi connectivity index (χ2v) is 6.02. The van der Waals surface area contributed by atoms with Crippen LogP contribution in [0.5, 0.6) is 0 Å². The summed E-state index contributed by atoms with van der Waals surface area (Å²) in [6.07, 6.45) is 0. The monoisotopic (exact) mass is 357 g/mol. The van der Waals surface area contributed by atoms with Crippen LogP contribution in [0.1, 0.15) is 15.9 Å². The van der Waals surface area contributed by atoms with Gasteiger partial charge >= 0.3 is 0 Å². The molecule has 3 aromatic carbocycles. The third kappa shape index (κ3) is 4.10. The van der Waals surface area contributed by atoms with E-state index in [-0.39, 0.29) is 5.71 Å². The van der Waals surface area contributed by atoms with Gasteiger partial charge < -0.3 is 16.5 Å². The van der Waals surface area contributed by atoms with Crippen LogP contribution in [0.4, 0.5) is 11.4 Å². The standard InChI is InChI=1S/C22H19N3O2/c23-17-13-7-8-14-18(17)25-22(27)19(20(24)15-9-3-1-4-10-15)21(26)16-11-5-2-6-12-16/h1-14,19,24H,23H2,(H,25,27). The van der Waals surface area contributed by atoms with Crippen LogP contribution in [-0.2, 0) is 4.79 Å². The molecule has 27 heavy (non-hydrogen) atoms. The van der Waals surface area contributed by atoms with Crippen LogP contribution in [0.3, 0.4) is 0 Å². The van der Waals surface area contributed by atoms with Gasteiger partial charge in [-0.3, -0.25) is 9.59 Å². The van der Waals surface area contributed by atoms with E-state index in [0.717, 1.165) is 0 Å². The summed E-state index contributed by atoms with van der Waals surface area (Å²) >= 11 is 0. The average Bonchev–Trinajstić information content (AvgIpc) is 2.71. The van der Waals surface area contributed by atoms with Crippen molar-refractivity contribution in [2.45, 2.75) is 0 Å². The van der Waals surface area contributed by atoms with Crippen molar-refractivity contribution >= 4 is 28.8 Å². The van der Waals surface area contributed by atoms with E-state index in [4.69, 9.17) is 11.1 Å². The summed E-state index contributed by atoms with van der Waals surface area (Å²) in [6.45, 7) is 0. The summed E-state index contributed by atoms with van der Waals surface area (Å²) in [4.78, 5) is 26.0. The van der Waals surface area contributed by atoms with E-state index < -0.39 is 17.6 Å². The number of benzene rings is 3. The Morgan fingerprint density at radius 2 is 1.30 bits per heavy atom. The molecule has 5 heteroatoms. The summed E-state index contributed by atoms with van der Waals surface area (Å²) in [5.74, 6) is -2.30. The number of anilines is 2. The fourth-order valence-corrected chi connectivity index (χ4v) is 2.75. The summed E-state index contributed by atoms with van der Waals surface area (Å²) in [7, 11) is 0. The largest absolute Gasteiger partial charge is 0.397 e. The molecule has 3 rings (SSSR count). The van der Waals surface area contributed by atoms with Crippen LogP contribution in [0.15, 0.2) is 84.9 Å². The number of carbonyl (C=O) groups is 2. The Balaban J connectivity index is 1.96. The SMILES string of the molecule is N=C(c1ccccc1)C(C(=O)Nc1ccccc1N)C(=O)c1ccccc1. The first-order valence-corrected chi connectivity index (χ1v) is 8.46. The first-order valence-electron chi connectivity index (χ1n) is 8.46. The lowest BCUT2D eigenvalue weighted by Gasteiger charge is -2.18. The number of nitrogen functional groups attached to an aromatic ring is 1. The molecule has 0 radical (unpaired) electrons. The van der Waals surface area contributed by atoms with E-state index in [1.165, 1.54) is 0 Å². The number of hydrogen-bond acceptors (Lipinski definition) is 4. The Hall–Kier alpha value is -3.73. The maximum atomic E-state index is 13.0. The molecule has 3 aromatic rings. The van der Waals surface area contributed by atoms with Crippen LogP contribution in [0.2, 0.25) is 0 Å². The van der Waals surface area contributed by atoms with Gasteiger partial charge in [-0.1, -0.05) is 72.8 Å². The molecule has 0 aliphatic heterocycles. The first kappa shape index (κ1) is 18.1. The smallest absolute Gasteiger partial charge is 0.241 e. The highest BCUT2D eigenvalue weighted by Gasteiger charge is 2.32. The molecule has 0 aliphatic carbocycles. The van der Waals surface area contributed by atoms with Crippen LogP contribution in [0, 0.1) is 11.3 Å². The second kappa shape index (κ2) is 8.10. The molecule has 0 spiro atoms. The molecule has 0 aromatic heterocycles. The Kier molecular flexibility index (Phi) is 5.42. The molecule has 0 bridgehead atoms. The molecular weight excluding hydrogens is 338 g/mol. The number of hydrogen-bond donors (Lipinski definition) is 3. The van der Waals surface area contributed by atoms with Gasteiger partial charge in [0.25, 0.3) is 0 Å². The Morgan fingerprint density at radius 1 is 0.778 bits per heavy atom. The number of amides is 1. The van der Waals surface area contributed by atoms with E-state index in [1.54, 1.807) is 78.9 Å². The van der Waals surface area contributed by atoms with Gasteiger partial charge in [0.1, 0.15) is 5.92 Å². The summed E-state index contributed by atoms with van der Waals surface area (Å²) in [6, 6.07) is 24.1. The van der Waals surface area contributed by atoms with Gasteiger partial charge in [-0.05, 0) is 17.7 Å². The predicted molar refractivity (Wildman–Crippen MR) is 107 cm³/mol. The second-order valence-electron chi connectivity index (χ2n) is 6.02. The molecule has 0 heterocycles. The minimum absolute atomic E-state index is 0.0588. The lowest BCUT2D eigenvalue weighted by atomic mass is 9.88. The average molecular weight is 357 g/mol. The predicted octanol–water partition coefficient (Wildman–Crippen LogP) is 3.77. The molecule has 1 unspecified atom stereocenters. The summed E-state index contributed by atoms with van der Waals surface area (Å²) in [5, 5.41) is 11.2. The number of carbonyl (C=O) groups excluding carboxylic acids is 2. The van der Waals surface area contributed by atoms with Crippen LogP contribution >= 0.6 is 0 Å². The molecule has 4 N–H and O–H groups in total. The Labute approximate surface area is 157 Å². The first-order chi connectivity index (χ1) is 13.1. The Morgan fingerprint density at radius 3 is 1.89 bits per heavy atom. The highest BCUT2D eigenvalue weighted by atomic mass is 16.2. The number of Topliss-reactive ketones (excluding diaryl/α,β-unsaturated/α-hetero) is 1. The van der Waals surface area contributed by atoms with E-state index in [9.17, 15) is 9.59 Å². The van der Waals surface area contributed by atoms with Crippen LogP contribution in [-0.4, -0.2) is 17.4 Å². The number of rotatable bonds is 6. The molecular formula is C22H19N3O2. The minimum Gasteiger partial charge on any atom is -0.397 e. The van der Waals surface area contributed by atoms with Gasteiger partial charge in [0.05, 0.1) is 17.1 Å². The Bertz CT molecular complexity index is 918. The van der Waals surface area contributed by atoms with Crippen molar-refractivity contribution < 1.29 is 9.59 Å². The van der Waals surface area contributed by atoms with E-state index in [2.05, 4.69) is 5.32 Å². The van der Waals surface area contributed by atoms with Gasteiger partial charge in [0.15, 0.2) is 5.78 Å². The third-order valence-electron chi connectivity index (χ3n) is 4.17. The van der Waals surface area contributed by atoms with Crippen molar-refractivity contribution in [1.82, 2.24) is 0 Å². The van der Waals surface area contributed by atoms with E-state index in [0.29, 0.717) is 22.5 Å². The maximum absolute atomic E-state index is 13.0. The highest BCUT2D eigenvalue weighted by molar-refractivity contribution is 6.30. The number of para-hydroxylation sites is 2.